The largest absolute Gasteiger partial charge is 0.370 e. The molecule has 0 unspecified atom stereocenters. The predicted octanol–water partition coefficient (Wildman–Crippen LogP) is 3.12. The van der Waals surface area contributed by atoms with Crippen molar-refractivity contribution in [1.82, 2.24) is 0 Å². The van der Waals surface area contributed by atoms with E-state index < -0.39 is 0 Å². The van der Waals surface area contributed by atoms with E-state index in [1.807, 2.05) is 26.0 Å². The second kappa shape index (κ2) is 5.21. The Balaban J connectivity index is 2.76. The van der Waals surface area contributed by atoms with E-state index in [1.165, 1.54) is 5.56 Å². The summed E-state index contributed by atoms with van der Waals surface area (Å²) in [6.45, 7) is 10.6. The highest BCUT2D eigenvalue weighted by Gasteiger charge is 2.12. The molecule has 0 saturated heterocycles. The Kier molecular flexibility index (Phi) is 4.16. The maximum Gasteiger partial charge on any atom is 0.193 e. The highest BCUT2D eigenvalue weighted by Crippen LogP contribution is 2.23. The van der Waals surface area contributed by atoms with E-state index in [2.05, 4.69) is 43.2 Å². The van der Waals surface area contributed by atoms with Crippen LogP contribution in [0.5, 0.6) is 0 Å². The molecule has 0 spiro atoms. The number of hydrogen-bond acceptors (Lipinski definition) is 1. The molecule has 0 aromatic heterocycles. The van der Waals surface area contributed by atoms with Crippen molar-refractivity contribution in [1.29, 1.82) is 0 Å². The number of nitrogens with zero attached hydrogens (tertiary/aromatic N) is 1. The Morgan fingerprint density at radius 3 is 2.12 bits per heavy atom. The molecule has 0 amide bonds. The van der Waals surface area contributed by atoms with E-state index in [0.29, 0.717) is 5.96 Å². The fourth-order valence-corrected chi connectivity index (χ4v) is 1.51. The smallest absolute Gasteiger partial charge is 0.193 e. The molecule has 17 heavy (non-hydrogen) atoms. The Morgan fingerprint density at radius 2 is 1.71 bits per heavy atom. The van der Waals surface area contributed by atoms with Crippen LogP contribution in [-0.2, 0) is 5.41 Å². The number of aliphatic imine (C=N–C) groups is 1. The van der Waals surface area contributed by atoms with Gasteiger partial charge in [-0.1, -0.05) is 32.9 Å². The molecule has 0 fully saturated rings. The summed E-state index contributed by atoms with van der Waals surface area (Å²) < 4.78 is 0. The first-order valence-electron chi connectivity index (χ1n) is 6.00. The molecule has 1 aromatic carbocycles. The van der Waals surface area contributed by atoms with Crippen molar-refractivity contribution < 1.29 is 0 Å². The van der Waals surface area contributed by atoms with Crippen LogP contribution in [0.4, 0.5) is 5.69 Å². The van der Waals surface area contributed by atoms with Crippen molar-refractivity contribution >= 4 is 11.6 Å². The number of guanidine groups is 1. The van der Waals surface area contributed by atoms with Gasteiger partial charge in [0.05, 0.1) is 0 Å². The topological polar surface area (TPSA) is 50.4 Å². The molecule has 94 valence electrons. The standard InChI is InChI=1S/C14H23N3/c1-10(2)16-13(15)17-12-8-6-11(7-9-12)14(3,4)5/h6-10H,1-5H3,(H3,15,16,17). The molecule has 3 heteroatoms. The molecule has 0 heterocycles. The zero-order valence-electron chi connectivity index (χ0n) is 11.4. The zero-order valence-corrected chi connectivity index (χ0v) is 11.4. The van der Waals surface area contributed by atoms with Gasteiger partial charge in [0, 0.05) is 11.7 Å². The van der Waals surface area contributed by atoms with Crippen molar-refractivity contribution in [2.75, 3.05) is 5.32 Å². The third-order valence-electron chi connectivity index (χ3n) is 2.42. The van der Waals surface area contributed by atoms with Gasteiger partial charge in [-0.15, -0.1) is 0 Å². The number of nitrogens with one attached hydrogen (secondary N) is 1. The molecule has 3 N–H and O–H groups in total. The second-order valence-electron chi connectivity index (χ2n) is 5.56. The van der Waals surface area contributed by atoms with Gasteiger partial charge < -0.3 is 11.1 Å². The second-order valence-corrected chi connectivity index (χ2v) is 5.56. The van der Waals surface area contributed by atoms with Crippen LogP contribution in [0.15, 0.2) is 29.3 Å². The maximum absolute atomic E-state index is 5.77. The minimum absolute atomic E-state index is 0.177. The molecule has 0 atom stereocenters. The number of rotatable bonds is 2. The summed E-state index contributed by atoms with van der Waals surface area (Å²) >= 11 is 0. The van der Waals surface area contributed by atoms with Crippen molar-refractivity contribution in [2.45, 2.75) is 46.1 Å². The van der Waals surface area contributed by atoms with E-state index in [9.17, 15) is 0 Å². The Hall–Kier alpha value is -1.51. The molecule has 0 aliphatic heterocycles. The van der Waals surface area contributed by atoms with Crippen LogP contribution in [0.1, 0.15) is 40.2 Å². The number of anilines is 1. The summed E-state index contributed by atoms with van der Waals surface area (Å²) in [5.41, 5.74) is 8.23. The first kappa shape index (κ1) is 13.6. The normalized spacial score (nSPS) is 12.9. The van der Waals surface area contributed by atoms with Crippen LogP contribution in [0.3, 0.4) is 0 Å². The van der Waals surface area contributed by atoms with Crippen LogP contribution in [0, 0.1) is 0 Å². The van der Waals surface area contributed by atoms with Crippen LogP contribution in [-0.4, -0.2) is 12.0 Å². The van der Waals surface area contributed by atoms with E-state index in [4.69, 9.17) is 5.73 Å². The van der Waals surface area contributed by atoms with Gasteiger partial charge in [-0.3, -0.25) is 4.99 Å². The highest BCUT2D eigenvalue weighted by molar-refractivity contribution is 5.92. The Morgan fingerprint density at radius 1 is 1.18 bits per heavy atom. The van der Waals surface area contributed by atoms with Crippen LogP contribution >= 0.6 is 0 Å². The number of hydrogen-bond donors (Lipinski definition) is 2. The van der Waals surface area contributed by atoms with Crippen molar-refractivity contribution in [3.63, 3.8) is 0 Å². The summed E-state index contributed by atoms with van der Waals surface area (Å²) in [7, 11) is 0. The van der Waals surface area contributed by atoms with Gasteiger partial charge in [-0.2, -0.15) is 0 Å². The lowest BCUT2D eigenvalue weighted by atomic mass is 9.87. The molecule has 1 rings (SSSR count). The summed E-state index contributed by atoms with van der Waals surface area (Å²) in [4.78, 5) is 4.23. The van der Waals surface area contributed by atoms with Gasteiger partial charge in [0.25, 0.3) is 0 Å². The Labute approximate surface area is 104 Å². The molecule has 0 aliphatic rings. The Bertz CT molecular complexity index is 383. The number of benzene rings is 1. The van der Waals surface area contributed by atoms with Crippen molar-refractivity contribution in [2.24, 2.45) is 10.7 Å². The highest BCUT2D eigenvalue weighted by atomic mass is 15.1. The summed E-state index contributed by atoms with van der Waals surface area (Å²) in [5.74, 6) is 0.462. The fourth-order valence-electron chi connectivity index (χ4n) is 1.51. The van der Waals surface area contributed by atoms with E-state index >= 15 is 0 Å². The van der Waals surface area contributed by atoms with Crippen LogP contribution in [0.2, 0.25) is 0 Å². The lowest BCUT2D eigenvalue weighted by Crippen LogP contribution is -2.24. The summed E-state index contributed by atoms with van der Waals surface area (Å²) in [6, 6.07) is 8.50. The van der Waals surface area contributed by atoms with E-state index in [0.717, 1.165) is 5.69 Å². The van der Waals surface area contributed by atoms with Gasteiger partial charge >= 0.3 is 0 Å². The monoisotopic (exact) mass is 233 g/mol. The molecule has 3 nitrogen and oxygen atoms in total. The SMILES string of the molecule is CC(C)N=C(N)Nc1ccc(C(C)(C)C)cc1. The first-order valence-corrected chi connectivity index (χ1v) is 6.00. The molecule has 0 bridgehead atoms. The van der Waals surface area contributed by atoms with Crippen LogP contribution < -0.4 is 11.1 Å². The third-order valence-corrected chi connectivity index (χ3v) is 2.42. The van der Waals surface area contributed by atoms with Crippen molar-refractivity contribution in [3.05, 3.63) is 29.8 Å². The lowest BCUT2D eigenvalue weighted by molar-refractivity contribution is 0.590. The molecule has 0 aliphatic carbocycles. The van der Waals surface area contributed by atoms with Gasteiger partial charge in [-0.25, -0.2) is 0 Å². The van der Waals surface area contributed by atoms with Gasteiger partial charge in [-0.05, 0) is 37.0 Å². The fraction of sp³-hybridized carbons (Fsp3) is 0.500. The molecular formula is C14H23N3. The quantitative estimate of drug-likeness (QED) is 0.609. The molecule has 0 radical (unpaired) electrons. The molecular weight excluding hydrogens is 210 g/mol. The van der Waals surface area contributed by atoms with E-state index in [-0.39, 0.29) is 11.5 Å². The van der Waals surface area contributed by atoms with Gasteiger partial charge in [0.1, 0.15) is 0 Å². The minimum atomic E-state index is 0.177. The molecule has 1 aromatic rings. The average Bonchev–Trinajstić information content (AvgIpc) is 2.15. The third kappa shape index (κ3) is 4.47. The first-order chi connectivity index (χ1) is 7.79. The molecule has 0 saturated carbocycles. The van der Waals surface area contributed by atoms with Crippen LogP contribution in [0.25, 0.3) is 0 Å². The summed E-state index contributed by atoms with van der Waals surface area (Å²) in [5, 5.41) is 3.08. The van der Waals surface area contributed by atoms with Gasteiger partial charge in [0.2, 0.25) is 0 Å². The van der Waals surface area contributed by atoms with Gasteiger partial charge in [0.15, 0.2) is 5.96 Å². The van der Waals surface area contributed by atoms with Crippen molar-refractivity contribution in [3.8, 4) is 0 Å². The number of nitrogens with two attached hydrogens (primary N) is 1. The minimum Gasteiger partial charge on any atom is -0.370 e. The summed E-state index contributed by atoms with van der Waals surface area (Å²) in [6.07, 6.45) is 0. The average molecular weight is 233 g/mol. The predicted molar refractivity (Wildman–Crippen MR) is 75.5 cm³/mol. The van der Waals surface area contributed by atoms with E-state index in [1.54, 1.807) is 0 Å². The lowest BCUT2D eigenvalue weighted by Gasteiger charge is -2.19. The zero-order chi connectivity index (χ0) is 13.1. The maximum atomic E-state index is 5.77.